The number of carbonyl (C=O) groups excluding carboxylic acids is 1. The zero-order valence-electron chi connectivity index (χ0n) is 12.6. The van der Waals surface area contributed by atoms with Crippen molar-refractivity contribution in [2.75, 3.05) is 0 Å². The molecule has 1 saturated carbocycles. The number of hydrogen-bond acceptors (Lipinski definition) is 1. The lowest BCUT2D eigenvalue weighted by atomic mass is 9.77. The minimum atomic E-state index is 0.155. The van der Waals surface area contributed by atoms with E-state index in [0.717, 1.165) is 17.9 Å². The number of hydrogen-bond donors (Lipinski definition) is 0. The van der Waals surface area contributed by atoms with Crippen molar-refractivity contribution in [1.29, 1.82) is 0 Å². The van der Waals surface area contributed by atoms with Crippen LogP contribution in [0.25, 0.3) is 0 Å². The van der Waals surface area contributed by atoms with Crippen LogP contribution in [-0.2, 0) is 0 Å². The Labute approximate surface area is 123 Å². The third kappa shape index (κ3) is 4.06. The first kappa shape index (κ1) is 15.0. The van der Waals surface area contributed by atoms with Gasteiger partial charge in [0.05, 0.1) is 0 Å². The van der Waals surface area contributed by atoms with E-state index in [4.69, 9.17) is 0 Å². The van der Waals surface area contributed by atoms with E-state index in [1.165, 1.54) is 44.1 Å². The maximum Gasteiger partial charge on any atom is 0.159 e. The average molecular weight is 270 g/mol. The van der Waals surface area contributed by atoms with E-state index in [1.54, 1.807) is 6.92 Å². The van der Waals surface area contributed by atoms with Crippen molar-refractivity contribution >= 4 is 5.78 Å². The predicted octanol–water partition coefficient (Wildman–Crippen LogP) is 5.52. The topological polar surface area (TPSA) is 17.1 Å². The number of allylic oxidation sites excluding steroid dienone is 1. The van der Waals surface area contributed by atoms with E-state index >= 15 is 0 Å². The number of carbonyl (C=O) groups is 1. The summed E-state index contributed by atoms with van der Waals surface area (Å²) in [5.41, 5.74) is 2.24. The Kier molecular flexibility index (Phi) is 5.58. The maximum atomic E-state index is 11.3. The first-order chi connectivity index (χ1) is 9.70. The summed E-state index contributed by atoms with van der Waals surface area (Å²) in [4.78, 5) is 11.3. The molecule has 0 bridgehead atoms. The largest absolute Gasteiger partial charge is 0.295 e. The van der Waals surface area contributed by atoms with Crippen molar-refractivity contribution in [3.8, 4) is 0 Å². The van der Waals surface area contributed by atoms with Gasteiger partial charge in [-0.2, -0.15) is 0 Å². The van der Waals surface area contributed by atoms with Crippen molar-refractivity contribution in [1.82, 2.24) is 0 Å². The molecule has 1 nitrogen and oxygen atoms in total. The van der Waals surface area contributed by atoms with Crippen LogP contribution < -0.4 is 0 Å². The molecule has 1 aromatic rings. The van der Waals surface area contributed by atoms with Gasteiger partial charge >= 0.3 is 0 Å². The zero-order chi connectivity index (χ0) is 14.4. The van der Waals surface area contributed by atoms with Gasteiger partial charge in [0.2, 0.25) is 0 Å². The van der Waals surface area contributed by atoms with E-state index in [2.05, 4.69) is 18.7 Å². The Morgan fingerprint density at radius 3 is 2.40 bits per heavy atom. The second kappa shape index (κ2) is 7.42. The van der Waals surface area contributed by atoms with Crippen LogP contribution in [0.5, 0.6) is 0 Å². The van der Waals surface area contributed by atoms with E-state index in [1.807, 2.05) is 18.2 Å². The minimum absolute atomic E-state index is 0.155. The number of ketones is 1. The van der Waals surface area contributed by atoms with Gasteiger partial charge in [-0.3, -0.25) is 4.79 Å². The standard InChI is InChI=1S/C19H26O/c1-3-4-5-6-16-7-9-18(10-8-16)19-13-11-17(12-14-19)15(2)20/h3,11-14,16,18H,1,4-10H2,2H3. The molecule has 0 spiro atoms. The molecule has 1 aliphatic carbocycles. The van der Waals surface area contributed by atoms with Gasteiger partial charge in [-0.25, -0.2) is 0 Å². The molecule has 0 atom stereocenters. The quantitative estimate of drug-likeness (QED) is 0.378. The molecule has 108 valence electrons. The molecule has 0 radical (unpaired) electrons. The van der Waals surface area contributed by atoms with Crippen LogP contribution in [0.3, 0.4) is 0 Å². The highest BCUT2D eigenvalue weighted by molar-refractivity contribution is 5.94. The van der Waals surface area contributed by atoms with Crippen molar-refractivity contribution in [3.05, 3.63) is 48.0 Å². The summed E-state index contributed by atoms with van der Waals surface area (Å²) in [5, 5.41) is 0. The fourth-order valence-electron chi connectivity index (χ4n) is 3.33. The van der Waals surface area contributed by atoms with Crippen LogP contribution in [0, 0.1) is 5.92 Å². The SMILES string of the molecule is C=CCCCC1CCC(c2ccc(C(C)=O)cc2)CC1. The molecule has 0 heterocycles. The van der Waals surface area contributed by atoms with Crippen molar-refractivity contribution in [3.63, 3.8) is 0 Å². The van der Waals surface area contributed by atoms with Crippen LogP contribution in [-0.4, -0.2) is 5.78 Å². The summed E-state index contributed by atoms with van der Waals surface area (Å²) in [7, 11) is 0. The molecule has 0 aliphatic heterocycles. The number of rotatable bonds is 6. The van der Waals surface area contributed by atoms with Gasteiger partial charge in [-0.15, -0.1) is 6.58 Å². The average Bonchev–Trinajstić information content (AvgIpc) is 2.48. The van der Waals surface area contributed by atoms with Gasteiger partial charge < -0.3 is 0 Å². The Bertz CT molecular complexity index is 435. The molecular weight excluding hydrogens is 244 g/mol. The highest BCUT2D eigenvalue weighted by atomic mass is 16.1. The highest BCUT2D eigenvalue weighted by Crippen LogP contribution is 2.37. The molecule has 0 saturated heterocycles. The predicted molar refractivity (Wildman–Crippen MR) is 85.2 cm³/mol. The Morgan fingerprint density at radius 2 is 1.85 bits per heavy atom. The molecule has 1 fully saturated rings. The molecule has 0 amide bonds. The van der Waals surface area contributed by atoms with Crippen LogP contribution >= 0.6 is 0 Å². The number of unbranched alkanes of at least 4 members (excludes halogenated alkanes) is 1. The second-order valence-corrected chi connectivity index (χ2v) is 6.12. The smallest absolute Gasteiger partial charge is 0.159 e. The fourth-order valence-corrected chi connectivity index (χ4v) is 3.33. The molecule has 0 aromatic heterocycles. The van der Waals surface area contributed by atoms with Crippen molar-refractivity contribution in [2.45, 2.75) is 57.8 Å². The third-order valence-electron chi connectivity index (χ3n) is 4.66. The van der Waals surface area contributed by atoms with E-state index in [0.29, 0.717) is 5.92 Å². The molecule has 1 aromatic carbocycles. The summed E-state index contributed by atoms with van der Waals surface area (Å²) in [6.45, 7) is 5.42. The van der Waals surface area contributed by atoms with Gasteiger partial charge in [0, 0.05) is 5.56 Å². The molecule has 0 unspecified atom stereocenters. The number of Topliss-reactive ketones (excluding diaryl/α,β-unsaturated/α-hetero) is 1. The summed E-state index contributed by atoms with van der Waals surface area (Å²) >= 11 is 0. The molecule has 0 N–H and O–H groups in total. The van der Waals surface area contributed by atoms with E-state index in [9.17, 15) is 4.79 Å². The molecule has 1 aliphatic rings. The summed E-state index contributed by atoms with van der Waals surface area (Å²) in [5.74, 6) is 1.77. The summed E-state index contributed by atoms with van der Waals surface area (Å²) in [6.07, 6.45) is 11.2. The first-order valence-corrected chi connectivity index (χ1v) is 7.92. The summed E-state index contributed by atoms with van der Waals surface area (Å²) in [6, 6.07) is 8.26. The normalized spacial score (nSPS) is 22.4. The monoisotopic (exact) mass is 270 g/mol. The zero-order valence-corrected chi connectivity index (χ0v) is 12.6. The van der Waals surface area contributed by atoms with Crippen LogP contribution in [0.15, 0.2) is 36.9 Å². The van der Waals surface area contributed by atoms with Crippen LogP contribution in [0.4, 0.5) is 0 Å². The maximum absolute atomic E-state index is 11.3. The molecule has 2 rings (SSSR count). The first-order valence-electron chi connectivity index (χ1n) is 7.92. The lowest BCUT2D eigenvalue weighted by molar-refractivity contribution is 0.101. The Morgan fingerprint density at radius 1 is 1.20 bits per heavy atom. The Hall–Kier alpha value is -1.37. The van der Waals surface area contributed by atoms with Gasteiger partial charge in [0.1, 0.15) is 0 Å². The van der Waals surface area contributed by atoms with Gasteiger partial charge in [0.15, 0.2) is 5.78 Å². The van der Waals surface area contributed by atoms with Gasteiger partial charge in [0.25, 0.3) is 0 Å². The summed E-state index contributed by atoms with van der Waals surface area (Å²) < 4.78 is 0. The fraction of sp³-hybridized carbons (Fsp3) is 0.526. The molecule has 20 heavy (non-hydrogen) atoms. The molecule has 1 heteroatoms. The van der Waals surface area contributed by atoms with Gasteiger partial charge in [-0.05, 0) is 62.8 Å². The second-order valence-electron chi connectivity index (χ2n) is 6.12. The Balaban J connectivity index is 1.84. The minimum Gasteiger partial charge on any atom is -0.295 e. The third-order valence-corrected chi connectivity index (χ3v) is 4.66. The lowest BCUT2D eigenvalue weighted by Gasteiger charge is -2.28. The van der Waals surface area contributed by atoms with Crippen molar-refractivity contribution in [2.24, 2.45) is 5.92 Å². The van der Waals surface area contributed by atoms with Crippen LogP contribution in [0.1, 0.15) is 73.7 Å². The van der Waals surface area contributed by atoms with Crippen LogP contribution in [0.2, 0.25) is 0 Å². The van der Waals surface area contributed by atoms with Crippen molar-refractivity contribution < 1.29 is 4.79 Å². The number of benzene rings is 1. The molecular formula is C19H26O. The van der Waals surface area contributed by atoms with E-state index < -0.39 is 0 Å². The highest BCUT2D eigenvalue weighted by Gasteiger charge is 2.21. The lowest BCUT2D eigenvalue weighted by Crippen LogP contribution is -2.13. The van der Waals surface area contributed by atoms with E-state index in [-0.39, 0.29) is 5.78 Å². The van der Waals surface area contributed by atoms with Gasteiger partial charge in [-0.1, -0.05) is 36.8 Å².